The topological polar surface area (TPSA) is 39.7 Å². The second kappa shape index (κ2) is 11.7. The van der Waals surface area contributed by atoms with Gasteiger partial charge in [-0.05, 0) is 25.5 Å². The van der Waals surface area contributed by atoms with E-state index in [-0.39, 0.29) is 12.1 Å². The van der Waals surface area contributed by atoms with E-state index in [9.17, 15) is 0 Å². The quantitative estimate of drug-likeness (QED) is 0.602. The van der Waals surface area contributed by atoms with Gasteiger partial charge in [-0.15, -0.1) is 0 Å². The van der Waals surface area contributed by atoms with Crippen LogP contribution in [0.2, 0.25) is 0 Å². The molecule has 2 unspecified atom stereocenters. The second-order valence-corrected chi connectivity index (χ2v) is 4.98. The summed E-state index contributed by atoms with van der Waals surface area (Å²) in [6.45, 7) is 7.88. The van der Waals surface area contributed by atoms with Crippen LogP contribution in [0.4, 0.5) is 0 Å². The molecule has 0 saturated heterocycles. The SMILES string of the molecule is CCNC(c1ccccc1)C(C)OCCCOCCOC. The van der Waals surface area contributed by atoms with Crippen LogP contribution in [-0.2, 0) is 14.2 Å². The van der Waals surface area contributed by atoms with Gasteiger partial charge in [0.1, 0.15) is 0 Å². The highest BCUT2D eigenvalue weighted by atomic mass is 16.5. The van der Waals surface area contributed by atoms with Gasteiger partial charge in [-0.2, -0.15) is 0 Å². The Kier molecular flexibility index (Phi) is 10.1. The van der Waals surface area contributed by atoms with Crippen molar-refractivity contribution in [3.8, 4) is 0 Å². The molecule has 4 heteroatoms. The van der Waals surface area contributed by atoms with Crippen LogP contribution in [0.15, 0.2) is 30.3 Å². The van der Waals surface area contributed by atoms with Crippen LogP contribution >= 0.6 is 0 Å². The van der Waals surface area contributed by atoms with Crippen molar-refractivity contribution < 1.29 is 14.2 Å². The van der Waals surface area contributed by atoms with Crippen molar-refractivity contribution in [1.82, 2.24) is 5.32 Å². The number of methoxy groups -OCH3 is 1. The summed E-state index contributed by atoms with van der Waals surface area (Å²) in [5.74, 6) is 0. The zero-order chi connectivity index (χ0) is 15.3. The molecule has 0 spiro atoms. The fraction of sp³-hybridized carbons (Fsp3) is 0.647. The number of ether oxygens (including phenoxy) is 3. The van der Waals surface area contributed by atoms with Gasteiger partial charge in [-0.1, -0.05) is 37.3 Å². The van der Waals surface area contributed by atoms with Gasteiger partial charge in [-0.3, -0.25) is 0 Å². The van der Waals surface area contributed by atoms with E-state index in [0.29, 0.717) is 26.4 Å². The Labute approximate surface area is 128 Å². The van der Waals surface area contributed by atoms with Crippen molar-refractivity contribution in [1.29, 1.82) is 0 Å². The molecule has 2 atom stereocenters. The summed E-state index contributed by atoms with van der Waals surface area (Å²) in [6, 6.07) is 10.7. The molecule has 21 heavy (non-hydrogen) atoms. The predicted molar refractivity (Wildman–Crippen MR) is 85.6 cm³/mol. The number of benzene rings is 1. The van der Waals surface area contributed by atoms with Crippen LogP contribution in [-0.4, -0.2) is 46.2 Å². The first-order valence-corrected chi connectivity index (χ1v) is 7.76. The van der Waals surface area contributed by atoms with Crippen LogP contribution < -0.4 is 5.32 Å². The van der Waals surface area contributed by atoms with Crippen molar-refractivity contribution in [3.63, 3.8) is 0 Å². The van der Waals surface area contributed by atoms with Crippen LogP contribution in [0, 0.1) is 0 Å². The summed E-state index contributed by atoms with van der Waals surface area (Å²) in [4.78, 5) is 0. The molecule has 0 radical (unpaired) electrons. The maximum atomic E-state index is 5.94. The minimum atomic E-state index is 0.131. The van der Waals surface area contributed by atoms with Crippen molar-refractivity contribution >= 4 is 0 Å². The largest absolute Gasteiger partial charge is 0.382 e. The van der Waals surface area contributed by atoms with Gasteiger partial charge in [0.15, 0.2) is 0 Å². The molecule has 0 aliphatic carbocycles. The van der Waals surface area contributed by atoms with Gasteiger partial charge < -0.3 is 19.5 Å². The van der Waals surface area contributed by atoms with Gasteiger partial charge in [0.05, 0.1) is 25.4 Å². The monoisotopic (exact) mass is 295 g/mol. The first-order valence-electron chi connectivity index (χ1n) is 7.76. The maximum Gasteiger partial charge on any atom is 0.0741 e. The first kappa shape index (κ1) is 18.1. The van der Waals surface area contributed by atoms with Gasteiger partial charge in [0.25, 0.3) is 0 Å². The smallest absolute Gasteiger partial charge is 0.0741 e. The van der Waals surface area contributed by atoms with E-state index in [1.54, 1.807) is 7.11 Å². The van der Waals surface area contributed by atoms with Gasteiger partial charge >= 0.3 is 0 Å². The Morgan fingerprint density at radius 3 is 2.48 bits per heavy atom. The molecule has 0 bridgehead atoms. The van der Waals surface area contributed by atoms with E-state index in [4.69, 9.17) is 14.2 Å². The molecule has 0 heterocycles. The molecule has 4 nitrogen and oxygen atoms in total. The van der Waals surface area contributed by atoms with Crippen molar-refractivity contribution in [2.45, 2.75) is 32.4 Å². The van der Waals surface area contributed by atoms with E-state index in [0.717, 1.165) is 13.0 Å². The van der Waals surface area contributed by atoms with E-state index in [2.05, 4.69) is 43.4 Å². The Morgan fingerprint density at radius 2 is 1.81 bits per heavy atom. The molecule has 0 aromatic heterocycles. The molecular weight excluding hydrogens is 266 g/mol. The Morgan fingerprint density at radius 1 is 1.05 bits per heavy atom. The van der Waals surface area contributed by atoms with Crippen LogP contribution in [0.3, 0.4) is 0 Å². The third-order valence-corrected chi connectivity index (χ3v) is 3.30. The Balaban J connectivity index is 2.28. The van der Waals surface area contributed by atoms with Crippen molar-refractivity contribution in [2.75, 3.05) is 40.1 Å². The molecule has 1 aromatic carbocycles. The average Bonchev–Trinajstić information content (AvgIpc) is 2.52. The molecule has 1 aromatic rings. The summed E-state index contributed by atoms with van der Waals surface area (Å²) in [7, 11) is 1.68. The minimum absolute atomic E-state index is 0.131. The van der Waals surface area contributed by atoms with E-state index >= 15 is 0 Å². The molecule has 0 aliphatic rings. The zero-order valence-electron chi connectivity index (χ0n) is 13.5. The van der Waals surface area contributed by atoms with Crippen LogP contribution in [0.5, 0.6) is 0 Å². The molecule has 120 valence electrons. The third-order valence-electron chi connectivity index (χ3n) is 3.30. The lowest BCUT2D eigenvalue weighted by Crippen LogP contribution is -2.32. The number of hydrogen-bond donors (Lipinski definition) is 1. The second-order valence-electron chi connectivity index (χ2n) is 4.98. The number of rotatable bonds is 12. The fourth-order valence-corrected chi connectivity index (χ4v) is 2.21. The van der Waals surface area contributed by atoms with Gasteiger partial charge in [0, 0.05) is 20.3 Å². The number of hydrogen-bond acceptors (Lipinski definition) is 4. The Hall–Kier alpha value is -0.940. The standard InChI is InChI=1S/C17H29NO3/c1-4-18-17(16-9-6-5-7-10-16)15(2)21-12-8-11-20-14-13-19-3/h5-7,9-10,15,17-18H,4,8,11-14H2,1-3H3. The molecule has 0 amide bonds. The van der Waals surface area contributed by atoms with Crippen molar-refractivity contribution in [3.05, 3.63) is 35.9 Å². The zero-order valence-corrected chi connectivity index (χ0v) is 13.5. The van der Waals surface area contributed by atoms with Gasteiger partial charge in [0.2, 0.25) is 0 Å². The lowest BCUT2D eigenvalue weighted by atomic mass is 10.0. The first-order chi connectivity index (χ1) is 10.3. The lowest BCUT2D eigenvalue weighted by molar-refractivity contribution is 0.0154. The molecule has 0 saturated carbocycles. The summed E-state index contributed by atoms with van der Waals surface area (Å²) in [6.07, 6.45) is 1.04. The van der Waals surface area contributed by atoms with Crippen molar-refractivity contribution in [2.24, 2.45) is 0 Å². The predicted octanol–water partition coefficient (Wildman–Crippen LogP) is 2.80. The minimum Gasteiger partial charge on any atom is -0.382 e. The molecular formula is C17H29NO3. The van der Waals surface area contributed by atoms with E-state index in [1.807, 2.05) is 6.07 Å². The highest BCUT2D eigenvalue weighted by Gasteiger charge is 2.18. The van der Waals surface area contributed by atoms with Crippen LogP contribution in [0.1, 0.15) is 31.9 Å². The summed E-state index contributed by atoms with van der Waals surface area (Å²) in [5.41, 5.74) is 1.27. The summed E-state index contributed by atoms with van der Waals surface area (Å²) < 4.78 is 16.3. The fourth-order valence-electron chi connectivity index (χ4n) is 2.21. The summed E-state index contributed by atoms with van der Waals surface area (Å²) >= 11 is 0. The molecule has 1 N–H and O–H groups in total. The average molecular weight is 295 g/mol. The van der Waals surface area contributed by atoms with Gasteiger partial charge in [-0.25, -0.2) is 0 Å². The molecule has 1 rings (SSSR count). The number of likely N-dealkylation sites (N-methyl/N-ethyl adjacent to an activating group) is 1. The lowest BCUT2D eigenvalue weighted by Gasteiger charge is -2.25. The summed E-state index contributed by atoms with van der Waals surface area (Å²) in [5, 5.41) is 3.49. The highest BCUT2D eigenvalue weighted by molar-refractivity contribution is 5.19. The maximum absolute atomic E-state index is 5.94. The highest BCUT2D eigenvalue weighted by Crippen LogP contribution is 2.19. The number of nitrogens with one attached hydrogen (secondary N) is 1. The van der Waals surface area contributed by atoms with E-state index < -0.39 is 0 Å². The van der Waals surface area contributed by atoms with E-state index in [1.165, 1.54) is 5.56 Å². The third kappa shape index (κ3) is 7.58. The Bertz CT molecular complexity index is 345. The van der Waals surface area contributed by atoms with Crippen LogP contribution in [0.25, 0.3) is 0 Å². The molecule has 0 fully saturated rings. The molecule has 0 aliphatic heterocycles. The normalized spacial score (nSPS) is 14.0.